The molecule has 1 atom stereocenters. The van der Waals surface area contributed by atoms with Gasteiger partial charge in [0, 0.05) is 11.4 Å². The maximum atomic E-state index is 11.6. The predicted molar refractivity (Wildman–Crippen MR) is 118 cm³/mol. The monoisotopic (exact) mass is 413 g/mol. The lowest BCUT2D eigenvalue weighted by Crippen LogP contribution is -2.49. The Bertz CT molecular complexity index is 844. The largest absolute Gasteiger partial charge is 0.491 e. The molecule has 156 valence electrons. The molecular formula is C24H31NO3S. The number of rotatable bonds is 7. The number of aliphatic carboxylic acids is 1. The molecule has 0 spiro atoms. The van der Waals surface area contributed by atoms with Crippen molar-refractivity contribution in [2.24, 2.45) is 0 Å². The van der Waals surface area contributed by atoms with E-state index in [0.29, 0.717) is 19.6 Å². The van der Waals surface area contributed by atoms with Crippen molar-refractivity contribution in [2.45, 2.75) is 61.3 Å². The van der Waals surface area contributed by atoms with E-state index >= 15 is 0 Å². The van der Waals surface area contributed by atoms with Gasteiger partial charge in [0.05, 0.1) is 4.90 Å². The van der Waals surface area contributed by atoms with Crippen molar-refractivity contribution in [3.05, 3.63) is 54.1 Å². The van der Waals surface area contributed by atoms with Crippen molar-refractivity contribution < 1.29 is 14.6 Å². The number of ether oxygens (including phenoxy) is 1. The van der Waals surface area contributed by atoms with Gasteiger partial charge in [-0.05, 0) is 61.6 Å². The van der Waals surface area contributed by atoms with Crippen LogP contribution in [0.4, 0.5) is 0 Å². The molecule has 0 bridgehead atoms. The van der Waals surface area contributed by atoms with Crippen molar-refractivity contribution in [1.82, 2.24) is 4.90 Å². The Balaban J connectivity index is 1.63. The average molecular weight is 414 g/mol. The summed E-state index contributed by atoms with van der Waals surface area (Å²) in [5.74, 6) is 0.0956. The highest BCUT2D eigenvalue weighted by Crippen LogP contribution is 2.36. The summed E-state index contributed by atoms with van der Waals surface area (Å²) in [6.07, 6.45) is 1.61. The molecule has 0 saturated carbocycles. The van der Waals surface area contributed by atoms with E-state index < -0.39 is 11.5 Å². The molecule has 0 radical (unpaired) electrons. The van der Waals surface area contributed by atoms with Crippen LogP contribution >= 0.6 is 11.8 Å². The topological polar surface area (TPSA) is 49.8 Å². The van der Waals surface area contributed by atoms with Crippen LogP contribution in [0.3, 0.4) is 0 Å². The molecule has 1 saturated heterocycles. The molecule has 29 heavy (non-hydrogen) atoms. The highest BCUT2D eigenvalue weighted by atomic mass is 32.2. The zero-order chi connectivity index (χ0) is 21.1. The van der Waals surface area contributed by atoms with E-state index in [4.69, 9.17) is 4.74 Å². The standard InChI is InChI=1S/C24H31NO3S/c1-23(2,3)18-10-12-19(13-11-18)29-21-9-6-5-8-20(21)28-17-16-25-15-7-14-24(25,4)22(26)27/h5-6,8-13H,7,14-17H2,1-4H3,(H,26,27). The third-order valence-electron chi connectivity index (χ3n) is 5.67. The Labute approximate surface area is 178 Å². The number of para-hydroxylation sites is 1. The fourth-order valence-electron chi connectivity index (χ4n) is 3.69. The molecule has 4 nitrogen and oxygen atoms in total. The molecule has 1 fully saturated rings. The molecular weight excluding hydrogens is 382 g/mol. The number of hydrogen-bond acceptors (Lipinski definition) is 4. The smallest absolute Gasteiger partial charge is 0.323 e. The van der Waals surface area contributed by atoms with Crippen LogP contribution in [0.2, 0.25) is 0 Å². The molecule has 2 aromatic carbocycles. The van der Waals surface area contributed by atoms with Gasteiger partial charge >= 0.3 is 5.97 Å². The lowest BCUT2D eigenvalue weighted by atomic mass is 9.87. The lowest BCUT2D eigenvalue weighted by molar-refractivity contribution is -0.148. The molecule has 2 aromatic rings. The number of carboxylic acids is 1. The summed E-state index contributed by atoms with van der Waals surface area (Å²) in [6.45, 7) is 10.4. The van der Waals surface area contributed by atoms with Gasteiger partial charge < -0.3 is 9.84 Å². The van der Waals surface area contributed by atoms with Crippen LogP contribution in [-0.4, -0.2) is 41.2 Å². The van der Waals surface area contributed by atoms with Gasteiger partial charge in [0.2, 0.25) is 0 Å². The fraction of sp³-hybridized carbons (Fsp3) is 0.458. The van der Waals surface area contributed by atoms with Crippen LogP contribution in [0.5, 0.6) is 5.75 Å². The zero-order valence-electron chi connectivity index (χ0n) is 17.8. The second-order valence-corrected chi connectivity index (χ2v) is 9.96. The molecule has 0 amide bonds. The predicted octanol–water partition coefficient (Wildman–Crippen LogP) is 5.45. The first-order chi connectivity index (χ1) is 13.7. The molecule has 1 unspecified atom stereocenters. The van der Waals surface area contributed by atoms with E-state index in [1.165, 1.54) is 10.5 Å². The Morgan fingerprint density at radius 1 is 1.17 bits per heavy atom. The highest BCUT2D eigenvalue weighted by Gasteiger charge is 2.42. The lowest BCUT2D eigenvalue weighted by Gasteiger charge is -2.30. The van der Waals surface area contributed by atoms with E-state index in [-0.39, 0.29) is 5.41 Å². The van der Waals surface area contributed by atoms with Crippen molar-refractivity contribution in [3.63, 3.8) is 0 Å². The number of nitrogens with zero attached hydrogens (tertiary/aromatic N) is 1. The van der Waals surface area contributed by atoms with Crippen LogP contribution in [0, 0.1) is 0 Å². The van der Waals surface area contributed by atoms with Crippen LogP contribution in [0.25, 0.3) is 0 Å². The van der Waals surface area contributed by atoms with Crippen LogP contribution < -0.4 is 4.74 Å². The normalized spacial score (nSPS) is 20.0. The highest BCUT2D eigenvalue weighted by molar-refractivity contribution is 7.99. The summed E-state index contributed by atoms with van der Waals surface area (Å²) in [4.78, 5) is 15.9. The minimum atomic E-state index is -0.771. The van der Waals surface area contributed by atoms with Gasteiger partial charge in [-0.2, -0.15) is 0 Å². The van der Waals surface area contributed by atoms with Gasteiger partial charge in [-0.15, -0.1) is 0 Å². The van der Waals surface area contributed by atoms with E-state index in [0.717, 1.165) is 23.6 Å². The van der Waals surface area contributed by atoms with Gasteiger partial charge in [-0.1, -0.05) is 56.8 Å². The van der Waals surface area contributed by atoms with Crippen molar-refractivity contribution in [1.29, 1.82) is 0 Å². The van der Waals surface area contributed by atoms with Gasteiger partial charge in [0.25, 0.3) is 0 Å². The van der Waals surface area contributed by atoms with Crippen LogP contribution in [-0.2, 0) is 10.2 Å². The summed E-state index contributed by atoms with van der Waals surface area (Å²) in [5.41, 5.74) is 0.690. The maximum Gasteiger partial charge on any atom is 0.323 e. The van der Waals surface area contributed by atoms with Crippen LogP contribution in [0.1, 0.15) is 46.1 Å². The molecule has 1 heterocycles. The second-order valence-electron chi connectivity index (χ2n) is 8.84. The van der Waals surface area contributed by atoms with Crippen LogP contribution in [0.15, 0.2) is 58.3 Å². The maximum absolute atomic E-state index is 11.6. The Hall–Kier alpha value is -1.98. The first-order valence-electron chi connectivity index (χ1n) is 10.2. The summed E-state index contributed by atoms with van der Waals surface area (Å²) < 4.78 is 6.07. The SMILES string of the molecule is CC(C)(C)c1ccc(Sc2ccccc2OCCN2CCCC2(C)C(=O)O)cc1. The Kier molecular flexibility index (Phi) is 6.59. The first kappa shape index (κ1) is 21.7. The van der Waals surface area contributed by atoms with Crippen molar-refractivity contribution >= 4 is 17.7 Å². The van der Waals surface area contributed by atoms with Gasteiger partial charge in [-0.3, -0.25) is 9.69 Å². The number of carboxylic acid groups (broad SMARTS) is 1. The third kappa shape index (κ3) is 5.14. The number of hydrogen-bond donors (Lipinski definition) is 1. The van der Waals surface area contributed by atoms with E-state index in [2.05, 4.69) is 51.1 Å². The molecule has 3 rings (SSSR count). The number of carbonyl (C=O) groups is 1. The second kappa shape index (κ2) is 8.80. The minimum Gasteiger partial charge on any atom is -0.491 e. The summed E-state index contributed by atoms with van der Waals surface area (Å²) >= 11 is 1.69. The van der Waals surface area contributed by atoms with Gasteiger partial charge in [-0.25, -0.2) is 0 Å². The van der Waals surface area contributed by atoms with E-state index in [1.54, 1.807) is 11.8 Å². The molecule has 5 heteroatoms. The summed E-state index contributed by atoms with van der Waals surface area (Å²) in [5, 5.41) is 9.55. The van der Waals surface area contributed by atoms with E-state index in [9.17, 15) is 9.90 Å². The van der Waals surface area contributed by atoms with Gasteiger partial charge in [0.1, 0.15) is 17.9 Å². The van der Waals surface area contributed by atoms with Gasteiger partial charge in [0.15, 0.2) is 0 Å². The molecule has 0 aromatic heterocycles. The molecule has 0 aliphatic carbocycles. The molecule has 1 aliphatic rings. The molecule has 1 aliphatic heterocycles. The Morgan fingerprint density at radius 3 is 2.52 bits per heavy atom. The minimum absolute atomic E-state index is 0.143. The number of likely N-dealkylation sites (tertiary alicyclic amines) is 1. The van der Waals surface area contributed by atoms with Crippen molar-refractivity contribution in [3.8, 4) is 5.75 Å². The number of benzene rings is 2. The Morgan fingerprint density at radius 2 is 1.86 bits per heavy atom. The third-order valence-corrected chi connectivity index (χ3v) is 6.73. The van der Waals surface area contributed by atoms with Crippen molar-refractivity contribution in [2.75, 3.05) is 19.7 Å². The quantitative estimate of drug-likeness (QED) is 0.654. The molecule has 1 N–H and O–H groups in total. The summed E-state index contributed by atoms with van der Waals surface area (Å²) in [7, 11) is 0. The summed E-state index contributed by atoms with van der Waals surface area (Å²) in [6, 6.07) is 16.7. The zero-order valence-corrected chi connectivity index (χ0v) is 18.6. The fourth-order valence-corrected chi connectivity index (χ4v) is 4.59. The van der Waals surface area contributed by atoms with E-state index in [1.807, 2.05) is 30.0 Å². The first-order valence-corrected chi connectivity index (χ1v) is 11.0. The average Bonchev–Trinajstić information content (AvgIpc) is 3.05.